The zero-order chi connectivity index (χ0) is 18.3. The molecule has 1 aliphatic carbocycles. The first-order valence-corrected chi connectivity index (χ1v) is 10.4. The summed E-state index contributed by atoms with van der Waals surface area (Å²) in [4.78, 5) is 0. The van der Waals surface area contributed by atoms with Crippen molar-refractivity contribution in [2.24, 2.45) is 5.92 Å². The minimum atomic E-state index is -1.39. The molecule has 2 N–H and O–H groups in total. The Balaban J connectivity index is 1.92. The van der Waals surface area contributed by atoms with E-state index in [2.05, 4.69) is 14.6 Å². The predicted molar refractivity (Wildman–Crippen MR) is 109 cm³/mol. The number of alkyl halides is 1. The van der Waals surface area contributed by atoms with E-state index < -0.39 is 11.2 Å². The highest BCUT2D eigenvalue weighted by Gasteiger charge is 2.39. The Hall–Kier alpha value is -0.180. The highest BCUT2D eigenvalue weighted by atomic mass is 35.5. The Bertz CT molecular complexity index is 504. The quantitative estimate of drug-likeness (QED) is 0.491. The zero-order valence-electron chi connectivity index (χ0n) is 15.5. The van der Waals surface area contributed by atoms with Crippen LogP contribution in [0.25, 0.3) is 0 Å². The summed E-state index contributed by atoms with van der Waals surface area (Å²) in [7, 11) is 3.04. The fraction of sp³-hybridized carbons (Fsp3) is 0.700. The largest absolute Gasteiger partial charge is 0.372 e. The van der Waals surface area contributed by atoms with Gasteiger partial charge in [0.2, 0.25) is 0 Å². The molecule has 1 unspecified atom stereocenters. The van der Waals surface area contributed by atoms with Gasteiger partial charge in [-0.1, -0.05) is 75.0 Å². The van der Waals surface area contributed by atoms with Gasteiger partial charge in [0.1, 0.15) is 6.10 Å². The van der Waals surface area contributed by atoms with Gasteiger partial charge in [-0.25, -0.2) is 0 Å². The molecule has 2 rings (SSSR count). The molecule has 0 bridgehead atoms. The average molecular weight is 386 g/mol. The molecule has 1 aromatic rings. The number of rotatable bonds is 9. The number of nitrogens with one attached hydrogen (secondary N) is 1. The lowest BCUT2D eigenvalue weighted by Gasteiger charge is -2.37. The molecule has 0 amide bonds. The molecule has 3 atom stereocenters. The summed E-state index contributed by atoms with van der Waals surface area (Å²) in [5.41, 5.74) is 1.08. The lowest BCUT2D eigenvalue weighted by atomic mass is 9.88. The van der Waals surface area contributed by atoms with Gasteiger partial charge in [-0.2, -0.15) is 0 Å². The van der Waals surface area contributed by atoms with E-state index in [0.717, 1.165) is 12.1 Å². The van der Waals surface area contributed by atoms with Gasteiger partial charge >= 0.3 is 0 Å². The second-order valence-corrected chi connectivity index (χ2v) is 9.55. The monoisotopic (exact) mass is 385 g/mol. The smallest absolute Gasteiger partial charge is 0.168 e. The molecular formula is C20H33ClNO2P. The van der Waals surface area contributed by atoms with Crippen LogP contribution in [-0.4, -0.2) is 34.5 Å². The third-order valence-corrected chi connectivity index (χ3v) is 6.67. The molecule has 25 heavy (non-hydrogen) atoms. The first-order chi connectivity index (χ1) is 11.8. The SMILES string of the molecule is CC(C)[C@@](O)(Cl)[C@@H](CNCC1(P)CCCCC1)OCc1ccccc1. The Labute approximate surface area is 160 Å². The average Bonchev–Trinajstić information content (AvgIpc) is 2.59. The Morgan fingerprint density at radius 1 is 1.24 bits per heavy atom. The van der Waals surface area contributed by atoms with Crippen molar-refractivity contribution in [3.05, 3.63) is 35.9 Å². The molecule has 0 saturated heterocycles. The minimum absolute atomic E-state index is 0.101. The van der Waals surface area contributed by atoms with Gasteiger partial charge in [0, 0.05) is 13.1 Å². The van der Waals surface area contributed by atoms with E-state index in [1.165, 1.54) is 32.1 Å². The van der Waals surface area contributed by atoms with Crippen molar-refractivity contribution in [3.8, 4) is 0 Å². The molecule has 1 saturated carbocycles. The first-order valence-electron chi connectivity index (χ1n) is 9.40. The number of hydrogen-bond acceptors (Lipinski definition) is 3. The molecule has 0 aromatic heterocycles. The van der Waals surface area contributed by atoms with Crippen molar-refractivity contribution in [2.75, 3.05) is 13.1 Å². The normalized spacial score (nSPS) is 21.0. The van der Waals surface area contributed by atoms with Gasteiger partial charge in [0.25, 0.3) is 0 Å². The molecule has 0 aliphatic heterocycles. The summed E-state index contributed by atoms with van der Waals surface area (Å²) in [5.74, 6) is -0.101. The standard InChI is InChI=1S/C20H33ClNO2P/c1-16(2)20(21,23)18(24-14-17-9-5-3-6-10-17)13-22-15-19(25)11-7-4-8-12-19/h3,5-6,9-10,16,18,22-23H,4,7-8,11-15,25H2,1-2H3/t18-,20+/m1/s1. The van der Waals surface area contributed by atoms with Crippen LogP contribution in [-0.2, 0) is 11.3 Å². The number of hydrogen-bond donors (Lipinski definition) is 2. The van der Waals surface area contributed by atoms with Crippen LogP contribution in [0.15, 0.2) is 30.3 Å². The summed E-state index contributed by atoms with van der Waals surface area (Å²) in [6.07, 6.45) is 5.93. The third kappa shape index (κ3) is 6.48. The Morgan fingerprint density at radius 2 is 1.88 bits per heavy atom. The lowest BCUT2D eigenvalue weighted by Crippen LogP contribution is -2.50. The maximum Gasteiger partial charge on any atom is 0.168 e. The second-order valence-electron chi connectivity index (χ2n) is 7.72. The Morgan fingerprint density at radius 3 is 2.48 bits per heavy atom. The molecule has 0 spiro atoms. The van der Waals surface area contributed by atoms with Gasteiger partial charge in [0.05, 0.1) is 6.61 Å². The van der Waals surface area contributed by atoms with E-state index >= 15 is 0 Å². The van der Waals surface area contributed by atoms with Crippen LogP contribution in [0, 0.1) is 5.92 Å². The third-order valence-electron chi connectivity index (χ3n) is 5.21. The van der Waals surface area contributed by atoms with E-state index in [1.54, 1.807) is 0 Å². The van der Waals surface area contributed by atoms with Crippen LogP contribution in [0.4, 0.5) is 0 Å². The number of benzene rings is 1. The molecule has 3 nitrogen and oxygen atoms in total. The van der Waals surface area contributed by atoms with Crippen molar-refractivity contribution in [1.29, 1.82) is 0 Å². The number of halogens is 1. The van der Waals surface area contributed by atoms with Gasteiger partial charge in [-0.05, 0) is 29.5 Å². The summed E-state index contributed by atoms with van der Waals surface area (Å²) >= 11 is 6.44. The first kappa shape index (κ1) is 21.1. The van der Waals surface area contributed by atoms with Gasteiger partial charge in [-0.15, -0.1) is 9.24 Å². The molecule has 142 valence electrons. The van der Waals surface area contributed by atoms with E-state index in [9.17, 15) is 5.11 Å². The molecule has 1 fully saturated rings. The van der Waals surface area contributed by atoms with E-state index in [0.29, 0.717) is 13.2 Å². The van der Waals surface area contributed by atoms with Gasteiger partial charge in [-0.3, -0.25) is 0 Å². The van der Waals surface area contributed by atoms with Crippen molar-refractivity contribution >= 4 is 20.8 Å². The van der Waals surface area contributed by atoms with Crippen LogP contribution in [0.5, 0.6) is 0 Å². The summed E-state index contributed by atoms with van der Waals surface area (Å²) in [5, 5.41) is 13.1. The van der Waals surface area contributed by atoms with Gasteiger partial charge < -0.3 is 15.2 Å². The van der Waals surface area contributed by atoms with Crippen LogP contribution >= 0.6 is 20.8 Å². The predicted octanol–water partition coefficient (Wildman–Crippen LogP) is 4.32. The van der Waals surface area contributed by atoms with Crippen molar-refractivity contribution < 1.29 is 9.84 Å². The molecule has 0 radical (unpaired) electrons. The van der Waals surface area contributed by atoms with Crippen molar-refractivity contribution in [1.82, 2.24) is 5.32 Å². The molecule has 5 heteroatoms. The summed E-state index contributed by atoms with van der Waals surface area (Å²) in [6.45, 7) is 5.74. The molecule has 0 heterocycles. The van der Waals surface area contributed by atoms with Crippen molar-refractivity contribution in [3.63, 3.8) is 0 Å². The van der Waals surface area contributed by atoms with Crippen LogP contribution in [0.3, 0.4) is 0 Å². The second kappa shape index (κ2) is 9.67. The highest BCUT2D eigenvalue weighted by molar-refractivity contribution is 7.19. The highest BCUT2D eigenvalue weighted by Crippen LogP contribution is 2.35. The molecular weight excluding hydrogens is 353 g/mol. The van der Waals surface area contributed by atoms with Crippen LogP contribution < -0.4 is 5.32 Å². The van der Waals surface area contributed by atoms with Crippen LogP contribution in [0.1, 0.15) is 51.5 Å². The number of aliphatic hydroxyl groups is 1. The topological polar surface area (TPSA) is 41.5 Å². The molecule has 1 aliphatic rings. The fourth-order valence-electron chi connectivity index (χ4n) is 3.35. The van der Waals surface area contributed by atoms with E-state index in [4.69, 9.17) is 16.3 Å². The van der Waals surface area contributed by atoms with E-state index in [1.807, 2.05) is 44.2 Å². The van der Waals surface area contributed by atoms with Gasteiger partial charge in [0.15, 0.2) is 5.06 Å². The maximum absolute atomic E-state index is 10.7. The Kier molecular flexibility index (Phi) is 8.17. The number of ether oxygens (including phenoxy) is 1. The van der Waals surface area contributed by atoms with Crippen LogP contribution in [0.2, 0.25) is 0 Å². The fourth-order valence-corrected chi connectivity index (χ4v) is 4.04. The maximum atomic E-state index is 10.7. The summed E-state index contributed by atoms with van der Waals surface area (Å²) in [6, 6.07) is 10.0. The van der Waals surface area contributed by atoms with Crippen molar-refractivity contribution in [2.45, 2.75) is 68.9 Å². The molecule has 1 aromatic carbocycles. The van der Waals surface area contributed by atoms with E-state index in [-0.39, 0.29) is 11.1 Å². The lowest BCUT2D eigenvalue weighted by molar-refractivity contribution is -0.0877. The minimum Gasteiger partial charge on any atom is -0.372 e. The zero-order valence-corrected chi connectivity index (χ0v) is 17.4. The summed E-state index contributed by atoms with van der Waals surface area (Å²) < 4.78 is 6.03.